The van der Waals surface area contributed by atoms with Crippen molar-refractivity contribution in [1.82, 2.24) is 9.78 Å². The normalized spacial score (nSPS) is 11.7. The number of carbonyl (C=O) groups excluding carboxylic acids is 1. The summed E-state index contributed by atoms with van der Waals surface area (Å²) < 4.78 is 6.91. The van der Waals surface area contributed by atoms with Crippen LogP contribution in [0.3, 0.4) is 0 Å². The number of Topliss-reactive ketones (excluding diaryl/α,β-unsaturated/α-hetero) is 1. The van der Waals surface area contributed by atoms with Crippen molar-refractivity contribution in [2.75, 3.05) is 7.11 Å². The molecule has 0 amide bonds. The molecule has 0 aliphatic heterocycles. The number of hydrogen-bond donors (Lipinski definition) is 0. The number of carbonyl (C=O) groups is 1. The minimum atomic E-state index is -0.682. The van der Waals surface area contributed by atoms with E-state index in [9.17, 15) is 4.79 Å². The lowest BCUT2D eigenvalue weighted by atomic mass is 9.98. The Morgan fingerprint density at radius 1 is 1.60 bits per heavy atom. The van der Waals surface area contributed by atoms with Gasteiger partial charge in [0.1, 0.15) is 5.60 Å². The summed E-state index contributed by atoms with van der Waals surface area (Å²) in [6.07, 6.45) is 2.93. The zero-order chi connectivity index (χ0) is 11.5. The maximum absolute atomic E-state index is 11.7. The predicted molar refractivity (Wildman–Crippen MR) is 57.6 cm³/mol. The number of methoxy groups -OCH3 is 1. The molecule has 4 nitrogen and oxygen atoms in total. The van der Waals surface area contributed by atoms with Gasteiger partial charge < -0.3 is 4.74 Å². The van der Waals surface area contributed by atoms with Crippen molar-refractivity contribution in [1.29, 1.82) is 0 Å². The fourth-order valence-corrected chi connectivity index (χ4v) is 1.30. The first-order valence-electron chi connectivity index (χ1n) is 5.02. The first kappa shape index (κ1) is 11.9. The van der Waals surface area contributed by atoms with E-state index in [2.05, 4.69) is 5.10 Å². The number of aryl methyl sites for hydroxylation is 2. The molecule has 0 radical (unpaired) electrons. The Balaban J connectivity index is 2.52. The lowest BCUT2D eigenvalue weighted by Gasteiger charge is -2.20. The second-order valence-corrected chi connectivity index (χ2v) is 4.08. The Morgan fingerprint density at radius 3 is 2.73 bits per heavy atom. The van der Waals surface area contributed by atoms with Crippen molar-refractivity contribution in [2.24, 2.45) is 7.05 Å². The first-order valence-corrected chi connectivity index (χ1v) is 5.02. The van der Waals surface area contributed by atoms with E-state index in [1.54, 1.807) is 31.8 Å². The molecule has 0 atom stereocenters. The van der Waals surface area contributed by atoms with Gasteiger partial charge in [0.15, 0.2) is 5.78 Å². The largest absolute Gasteiger partial charge is 0.371 e. The molecular weight excluding hydrogens is 192 g/mol. The van der Waals surface area contributed by atoms with Gasteiger partial charge in [-0.2, -0.15) is 5.10 Å². The van der Waals surface area contributed by atoms with Crippen molar-refractivity contribution < 1.29 is 9.53 Å². The molecule has 0 fully saturated rings. The van der Waals surface area contributed by atoms with Gasteiger partial charge in [-0.05, 0) is 26.3 Å². The van der Waals surface area contributed by atoms with Crippen LogP contribution in [0.5, 0.6) is 0 Å². The molecule has 0 unspecified atom stereocenters. The lowest BCUT2D eigenvalue weighted by Crippen LogP contribution is -2.34. The molecule has 0 saturated heterocycles. The molecular formula is C11H18N2O2. The average Bonchev–Trinajstić information content (AvgIpc) is 2.60. The highest BCUT2D eigenvalue weighted by molar-refractivity contribution is 5.86. The van der Waals surface area contributed by atoms with Crippen LogP contribution in [0.4, 0.5) is 0 Å². The Morgan fingerprint density at radius 2 is 2.27 bits per heavy atom. The van der Waals surface area contributed by atoms with E-state index in [1.807, 2.05) is 13.1 Å². The Hall–Kier alpha value is -1.16. The van der Waals surface area contributed by atoms with E-state index in [0.29, 0.717) is 12.8 Å². The van der Waals surface area contributed by atoms with E-state index in [1.165, 1.54) is 0 Å². The van der Waals surface area contributed by atoms with Crippen LogP contribution in [0.25, 0.3) is 0 Å². The van der Waals surface area contributed by atoms with Crippen LogP contribution < -0.4 is 0 Å². The second-order valence-electron chi connectivity index (χ2n) is 4.08. The quantitative estimate of drug-likeness (QED) is 0.736. The number of rotatable bonds is 5. The van der Waals surface area contributed by atoms with Crippen LogP contribution in [0.2, 0.25) is 0 Å². The first-order chi connectivity index (χ1) is 6.97. The molecule has 1 aromatic rings. The molecule has 1 aromatic heterocycles. The SMILES string of the molecule is COC(C)(C)C(=O)CCc1ccnn1C. The molecule has 1 heterocycles. The van der Waals surface area contributed by atoms with E-state index in [0.717, 1.165) is 5.69 Å². The summed E-state index contributed by atoms with van der Waals surface area (Å²) in [5.74, 6) is 0.117. The molecule has 15 heavy (non-hydrogen) atoms. The van der Waals surface area contributed by atoms with Gasteiger partial charge >= 0.3 is 0 Å². The fourth-order valence-electron chi connectivity index (χ4n) is 1.30. The standard InChI is InChI=1S/C11H18N2O2/c1-11(2,15-4)10(14)6-5-9-7-8-12-13(9)3/h7-8H,5-6H2,1-4H3. The lowest BCUT2D eigenvalue weighted by molar-refractivity contribution is -0.137. The Labute approximate surface area is 90.2 Å². The predicted octanol–water partition coefficient (Wildman–Crippen LogP) is 1.35. The van der Waals surface area contributed by atoms with Gasteiger partial charge in [0, 0.05) is 32.5 Å². The summed E-state index contributed by atoms with van der Waals surface area (Å²) in [5.41, 5.74) is 0.383. The van der Waals surface area contributed by atoms with Gasteiger partial charge in [-0.15, -0.1) is 0 Å². The smallest absolute Gasteiger partial charge is 0.164 e. The van der Waals surface area contributed by atoms with Crippen molar-refractivity contribution in [3.05, 3.63) is 18.0 Å². The van der Waals surface area contributed by atoms with E-state index in [4.69, 9.17) is 4.74 Å². The van der Waals surface area contributed by atoms with Gasteiger partial charge in [-0.25, -0.2) is 0 Å². The fraction of sp³-hybridized carbons (Fsp3) is 0.636. The number of nitrogens with zero attached hydrogens (tertiary/aromatic N) is 2. The molecule has 4 heteroatoms. The maximum atomic E-state index is 11.7. The highest BCUT2D eigenvalue weighted by Gasteiger charge is 2.26. The molecule has 0 aliphatic carbocycles. The van der Waals surface area contributed by atoms with Gasteiger partial charge in [0.05, 0.1) is 0 Å². The highest BCUT2D eigenvalue weighted by Crippen LogP contribution is 2.13. The summed E-state index contributed by atoms with van der Waals surface area (Å²) in [6.45, 7) is 3.58. The molecule has 0 spiro atoms. The summed E-state index contributed by atoms with van der Waals surface area (Å²) in [5, 5.41) is 4.05. The maximum Gasteiger partial charge on any atom is 0.164 e. The summed E-state index contributed by atoms with van der Waals surface area (Å²) >= 11 is 0. The number of aromatic nitrogens is 2. The molecule has 0 N–H and O–H groups in total. The van der Waals surface area contributed by atoms with Crippen molar-refractivity contribution in [3.63, 3.8) is 0 Å². The number of ether oxygens (including phenoxy) is 1. The Kier molecular flexibility index (Phi) is 3.63. The van der Waals surface area contributed by atoms with Crippen molar-refractivity contribution >= 4 is 5.78 Å². The van der Waals surface area contributed by atoms with Crippen molar-refractivity contribution in [2.45, 2.75) is 32.3 Å². The summed E-state index contributed by atoms with van der Waals surface area (Å²) in [4.78, 5) is 11.7. The third-order valence-corrected chi connectivity index (χ3v) is 2.71. The summed E-state index contributed by atoms with van der Waals surface area (Å²) in [6, 6.07) is 1.92. The van der Waals surface area contributed by atoms with Gasteiger partial charge in [-0.1, -0.05) is 0 Å². The van der Waals surface area contributed by atoms with E-state index in [-0.39, 0.29) is 5.78 Å². The monoisotopic (exact) mass is 210 g/mol. The number of ketones is 1. The van der Waals surface area contributed by atoms with Gasteiger partial charge in [0.25, 0.3) is 0 Å². The minimum Gasteiger partial charge on any atom is -0.371 e. The molecule has 84 valence electrons. The third kappa shape index (κ3) is 2.89. The van der Waals surface area contributed by atoms with Crippen LogP contribution in [0.15, 0.2) is 12.3 Å². The van der Waals surface area contributed by atoms with Gasteiger partial charge in [0.2, 0.25) is 0 Å². The van der Waals surface area contributed by atoms with Crippen LogP contribution in [-0.4, -0.2) is 28.3 Å². The molecule has 0 saturated carbocycles. The molecule has 0 aromatic carbocycles. The third-order valence-electron chi connectivity index (χ3n) is 2.71. The molecule has 0 bridgehead atoms. The van der Waals surface area contributed by atoms with Gasteiger partial charge in [-0.3, -0.25) is 9.48 Å². The molecule has 1 rings (SSSR count). The van der Waals surface area contributed by atoms with Crippen LogP contribution >= 0.6 is 0 Å². The zero-order valence-electron chi connectivity index (χ0n) is 9.78. The Bertz CT molecular complexity index is 342. The topological polar surface area (TPSA) is 44.1 Å². The number of hydrogen-bond acceptors (Lipinski definition) is 3. The minimum absolute atomic E-state index is 0.117. The second kappa shape index (κ2) is 4.57. The highest BCUT2D eigenvalue weighted by atomic mass is 16.5. The zero-order valence-corrected chi connectivity index (χ0v) is 9.78. The van der Waals surface area contributed by atoms with E-state index >= 15 is 0 Å². The average molecular weight is 210 g/mol. The van der Waals surface area contributed by atoms with Crippen LogP contribution in [0.1, 0.15) is 26.0 Å². The molecule has 0 aliphatic rings. The van der Waals surface area contributed by atoms with Crippen molar-refractivity contribution in [3.8, 4) is 0 Å². The van der Waals surface area contributed by atoms with Crippen LogP contribution in [-0.2, 0) is 23.0 Å². The summed E-state index contributed by atoms with van der Waals surface area (Å²) in [7, 11) is 3.43. The van der Waals surface area contributed by atoms with Crippen LogP contribution in [0, 0.1) is 0 Å². The van der Waals surface area contributed by atoms with E-state index < -0.39 is 5.60 Å².